The van der Waals surface area contributed by atoms with Crippen LogP contribution in [0.2, 0.25) is 0 Å². The molecule has 0 fully saturated rings. The minimum atomic E-state index is 0.435. The number of hydrogen-bond donors (Lipinski definition) is 1. The van der Waals surface area contributed by atoms with Gasteiger partial charge in [0.1, 0.15) is 0 Å². The summed E-state index contributed by atoms with van der Waals surface area (Å²) in [5, 5.41) is 7.31. The maximum Gasteiger partial charge on any atom is 0.0669 e. The van der Waals surface area contributed by atoms with Crippen LogP contribution in [-0.4, -0.2) is 16.1 Å². The first-order chi connectivity index (χ1) is 6.24. The van der Waals surface area contributed by atoms with Gasteiger partial charge in [-0.2, -0.15) is 0 Å². The fourth-order valence-electron chi connectivity index (χ4n) is 1.35. The molecular formula is C9H17N3S. The lowest BCUT2D eigenvalue weighted by Crippen LogP contribution is -2.21. The van der Waals surface area contributed by atoms with Gasteiger partial charge < -0.3 is 5.32 Å². The van der Waals surface area contributed by atoms with E-state index in [2.05, 4.69) is 35.7 Å². The second kappa shape index (κ2) is 5.29. The lowest BCUT2D eigenvalue weighted by molar-refractivity contribution is 0.443. The monoisotopic (exact) mass is 199 g/mol. The van der Waals surface area contributed by atoms with Crippen molar-refractivity contribution in [3.63, 3.8) is 0 Å². The van der Waals surface area contributed by atoms with Crippen molar-refractivity contribution in [1.82, 2.24) is 14.9 Å². The van der Waals surface area contributed by atoms with Crippen molar-refractivity contribution in [2.45, 2.75) is 33.2 Å². The smallest absolute Gasteiger partial charge is 0.0669 e. The summed E-state index contributed by atoms with van der Waals surface area (Å²) in [6.07, 6.45) is 3.01. The maximum atomic E-state index is 3.88. The first kappa shape index (κ1) is 10.6. The van der Waals surface area contributed by atoms with Crippen LogP contribution in [0.25, 0.3) is 0 Å². The third-order valence-electron chi connectivity index (χ3n) is 1.88. The fraction of sp³-hybridized carbons (Fsp3) is 0.778. The highest BCUT2D eigenvalue weighted by Crippen LogP contribution is 2.22. The van der Waals surface area contributed by atoms with Gasteiger partial charge in [-0.05, 0) is 30.4 Å². The van der Waals surface area contributed by atoms with Gasteiger partial charge in [-0.3, -0.25) is 0 Å². The Hall–Kier alpha value is -0.480. The number of hydrogen-bond acceptors (Lipinski definition) is 4. The van der Waals surface area contributed by atoms with Crippen LogP contribution in [0.3, 0.4) is 0 Å². The average molecular weight is 199 g/mol. The van der Waals surface area contributed by atoms with Gasteiger partial charge in [0.05, 0.1) is 11.1 Å². The Kier molecular flexibility index (Phi) is 4.32. The molecule has 4 heteroatoms. The summed E-state index contributed by atoms with van der Waals surface area (Å²) in [4.78, 5) is 1.25. The Labute approximate surface area is 83.7 Å². The van der Waals surface area contributed by atoms with E-state index in [9.17, 15) is 0 Å². The molecule has 3 nitrogen and oxygen atoms in total. The third-order valence-corrected chi connectivity index (χ3v) is 2.66. The molecule has 13 heavy (non-hydrogen) atoms. The summed E-state index contributed by atoms with van der Waals surface area (Å²) in [5.41, 5.74) is 0. The molecule has 0 aliphatic carbocycles. The first-order valence-electron chi connectivity index (χ1n) is 4.74. The molecule has 0 saturated heterocycles. The van der Waals surface area contributed by atoms with Gasteiger partial charge in [-0.25, -0.2) is 0 Å². The molecule has 1 unspecified atom stereocenters. The van der Waals surface area contributed by atoms with Gasteiger partial charge in [-0.15, -0.1) is 5.10 Å². The molecule has 1 atom stereocenters. The van der Waals surface area contributed by atoms with E-state index >= 15 is 0 Å². The molecule has 0 radical (unpaired) electrons. The molecule has 0 amide bonds. The Balaban J connectivity index is 2.57. The summed E-state index contributed by atoms with van der Waals surface area (Å²) in [7, 11) is 0. The molecule has 0 saturated carbocycles. The highest BCUT2D eigenvalue weighted by atomic mass is 32.1. The fourth-order valence-corrected chi connectivity index (χ4v) is 1.94. The van der Waals surface area contributed by atoms with E-state index in [1.807, 2.05) is 6.20 Å². The molecule has 1 heterocycles. The molecule has 74 valence electrons. The van der Waals surface area contributed by atoms with Crippen LogP contribution in [0, 0.1) is 5.92 Å². The van der Waals surface area contributed by atoms with Gasteiger partial charge in [0.2, 0.25) is 0 Å². The van der Waals surface area contributed by atoms with Crippen molar-refractivity contribution in [2.24, 2.45) is 5.92 Å². The number of nitrogens with one attached hydrogen (secondary N) is 1. The van der Waals surface area contributed by atoms with Crippen molar-refractivity contribution in [3.8, 4) is 0 Å². The number of aromatic nitrogens is 2. The second-order valence-corrected chi connectivity index (χ2v) is 4.38. The van der Waals surface area contributed by atoms with E-state index in [-0.39, 0.29) is 0 Å². The molecule has 0 aliphatic heterocycles. The van der Waals surface area contributed by atoms with E-state index in [0.717, 1.165) is 13.0 Å². The molecule has 0 aliphatic rings. The zero-order valence-corrected chi connectivity index (χ0v) is 9.27. The van der Waals surface area contributed by atoms with Crippen LogP contribution in [-0.2, 0) is 0 Å². The molecule has 1 aromatic rings. The second-order valence-electron chi connectivity index (χ2n) is 3.56. The summed E-state index contributed by atoms with van der Waals surface area (Å²) in [6, 6.07) is 0.435. The third kappa shape index (κ3) is 3.40. The van der Waals surface area contributed by atoms with Crippen LogP contribution in [0.5, 0.6) is 0 Å². The molecule has 0 bridgehead atoms. The van der Waals surface area contributed by atoms with Crippen LogP contribution in [0.1, 0.15) is 38.1 Å². The number of rotatable bonds is 5. The summed E-state index contributed by atoms with van der Waals surface area (Å²) < 4.78 is 3.88. The standard InChI is InChI=1S/C9H17N3S/c1-4-10-8(5-7(2)3)9-6-11-12-13-9/h6-8,10H,4-5H2,1-3H3. The predicted octanol–water partition coefficient (Wildman–Crippen LogP) is 2.23. The van der Waals surface area contributed by atoms with Crippen LogP contribution < -0.4 is 5.32 Å². The van der Waals surface area contributed by atoms with Gasteiger partial charge in [-0.1, -0.05) is 25.3 Å². The molecular weight excluding hydrogens is 182 g/mol. The van der Waals surface area contributed by atoms with Crippen molar-refractivity contribution < 1.29 is 0 Å². The van der Waals surface area contributed by atoms with E-state index < -0.39 is 0 Å². The van der Waals surface area contributed by atoms with Crippen LogP contribution in [0.4, 0.5) is 0 Å². The predicted molar refractivity (Wildman–Crippen MR) is 55.8 cm³/mol. The summed E-state index contributed by atoms with van der Waals surface area (Å²) >= 11 is 1.49. The maximum absolute atomic E-state index is 3.88. The minimum Gasteiger partial charge on any atom is -0.309 e. The molecule has 0 aromatic carbocycles. The minimum absolute atomic E-state index is 0.435. The zero-order valence-electron chi connectivity index (χ0n) is 8.45. The zero-order chi connectivity index (χ0) is 9.68. The molecule has 0 spiro atoms. The van der Waals surface area contributed by atoms with Crippen LogP contribution in [0.15, 0.2) is 6.20 Å². The Morgan fingerprint density at radius 2 is 2.31 bits per heavy atom. The Morgan fingerprint density at radius 3 is 2.77 bits per heavy atom. The van der Waals surface area contributed by atoms with E-state index in [4.69, 9.17) is 0 Å². The van der Waals surface area contributed by atoms with Crippen LogP contribution >= 0.6 is 11.5 Å². The molecule has 1 rings (SSSR count). The summed E-state index contributed by atoms with van der Waals surface area (Å²) in [5.74, 6) is 0.700. The van der Waals surface area contributed by atoms with E-state index in [1.165, 1.54) is 16.4 Å². The summed E-state index contributed by atoms with van der Waals surface area (Å²) in [6.45, 7) is 7.59. The van der Waals surface area contributed by atoms with E-state index in [1.54, 1.807) is 0 Å². The Morgan fingerprint density at radius 1 is 1.54 bits per heavy atom. The lowest BCUT2D eigenvalue weighted by Gasteiger charge is -2.17. The lowest BCUT2D eigenvalue weighted by atomic mass is 10.0. The Bertz CT molecular complexity index is 221. The van der Waals surface area contributed by atoms with Gasteiger partial charge in [0, 0.05) is 6.04 Å². The normalized spacial score (nSPS) is 13.5. The highest BCUT2D eigenvalue weighted by Gasteiger charge is 2.13. The highest BCUT2D eigenvalue weighted by molar-refractivity contribution is 7.05. The van der Waals surface area contributed by atoms with Crippen molar-refractivity contribution in [3.05, 3.63) is 11.1 Å². The van der Waals surface area contributed by atoms with Gasteiger partial charge in [0.25, 0.3) is 0 Å². The first-order valence-corrected chi connectivity index (χ1v) is 5.52. The molecule has 1 aromatic heterocycles. The van der Waals surface area contributed by atoms with Crippen molar-refractivity contribution >= 4 is 11.5 Å². The quantitative estimate of drug-likeness (QED) is 0.790. The topological polar surface area (TPSA) is 37.8 Å². The number of nitrogens with zero attached hydrogens (tertiary/aromatic N) is 2. The van der Waals surface area contributed by atoms with Crippen molar-refractivity contribution in [2.75, 3.05) is 6.54 Å². The van der Waals surface area contributed by atoms with E-state index in [0.29, 0.717) is 12.0 Å². The SMILES string of the molecule is CCNC(CC(C)C)c1cnns1. The largest absolute Gasteiger partial charge is 0.309 e. The average Bonchev–Trinajstić information content (AvgIpc) is 2.54. The molecule has 1 N–H and O–H groups in total. The van der Waals surface area contributed by atoms with Crippen molar-refractivity contribution in [1.29, 1.82) is 0 Å². The van der Waals surface area contributed by atoms with Gasteiger partial charge in [0.15, 0.2) is 0 Å². The van der Waals surface area contributed by atoms with Gasteiger partial charge >= 0.3 is 0 Å².